The van der Waals surface area contributed by atoms with E-state index in [1.165, 1.54) is 11.8 Å². The number of benzene rings is 1. The third-order valence-corrected chi connectivity index (χ3v) is 10.9. The second kappa shape index (κ2) is 8.28. The van der Waals surface area contributed by atoms with Gasteiger partial charge in [0, 0.05) is 26.0 Å². The Labute approximate surface area is 202 Å². The molecule has 0 aliphatic carbocycles. The molecule has 1 aromatic carbocycles. The topological polar surface area (TPSA) is 124 Å². The number of nitrogens with zero attached hydrogens (tertiary/aromatic N) is 5. The third kappa shape index (κ3) is 3.50. The number of carbonyl (C=O) groups is 2. The molecule has 1 amide bonds. The molecule has 0 N–H and O–H groups in total. The number of methoxy groups -OCH3 is 1. The van der Waals surface area contributed by atoms with Crippen molar-refractivity contribution in [2.24, 2.45) is 12.5 Å². The minimum Gasteiger partial charge on any atom is -0.368 e. The van der Waals surface area contributed by atoms with E-state index in [2.05, 4.69) is 15.5 Å². The fourth-order valence-corrected chi connectivity index (χ4v) is 8.66. The Kier molecular flexibility index (Phi) is 5.98. The number of ketones is 1. The summed E-state index contributed by atoms with van der Waals surface area (Å²) in [6, 6.07) is 9.15. The van der Waals surface area contributed by atoms with Gasteiger partial charge in [-0.1, -0.05) is 62.9 Å². The molecule has 1 fully saturated rings. The zero-order valence-corrected chi connectivity index (χ0v) is 21.5. The zero-order valence-electron chi connectivity index (χ0n) is 19.8. The fraction of sp³-hybridized carbons (Fsp3) is 0.500. The van der Waals surface area contributed by atoms with Crippen molar-refractivity contribution < 1.29 is 22.7 Å². The number of hydrogen-bond donors (Lipinski definition) is 0. The molecule has 4 rings (SSSR count). The number of Topliss-reactive ketones (excluding diaryl/α,β-unsaturated/α-hetero) is 1. The van der Waals surface area contributed by atoms with E-state index in [4.69, 9.17) is 4.74 Å². The standard InChI is InChI=1S/C22H27N5O5S2/c1-13-15(17(28)21(2,3)4)27-18(29)16(32-6)19(27)34(30,31)22(13,12-14-10-8-7-9-11-14)33-20-23-24-25-26(20)5/h7-11,16,19H,12H2,1-6H3/t16-,19+,22?/m0/s1. The predicted octanol–water partition coefficient (Wildman–Crippen LogP) is 1.74. The first-order valence-electron chi connectivity index (χ1n) is 10.7. The zero-order chi connectivity index (χ0) is 25.1. The summed E-state index contributed by atoms with van der Waals surface area (Å²) in [5.74, 6) is -0.858. The van der Waals surface area contributed by atoms with Crippen LogP contribution in [0, 0.1) is 5.41 Å². The summed E-state index contributed by atoms with van der Waals surface area (Å²) in [6.45, 7) is 6.83. The Bertz CT molecular complexity index is 1280. The maximum atomic E-state index is 14.4. The van der Waals surface area contributed by atoms with Gasteiger partial charge in [0.1, 0.15) is 0 Å². The van der Waals surface area contributed by atoms with Crippen LogP contribution in [0.4, 0.5) is 0 Å². The van der Waals surface area contributed by atoms with Gasteiger partial charge in [-0.2, -0.15) is 0 Å². The van der Waals surface area contributed by atoms with Crippen LogP contribution in [0.25, 0.3) is 0 Å². The molecule has 0 saturated carbocycles. The molecule has 3 atom stereocenters. The number of sulfone groups is 1. The van der Waals surface area contributed by atoms with Gasteiger partial charge >= 0.3 is 0 Å². The number of hydrogen-bond acceptors (Lipinski definition) is 9. The van der Waals surface area contributed by atoms with Gasteiger partial charge in [-0.3, -0.25) is 14.5 Å². The van der Waals surface area contributed by atoms with Crippen LogP contribution < -0.4 is 0 Å². The summed E-state index contributed by atoms with van der Waals surface area (Å²) in [7, 11) is -1.24. The number of β-lactam (4-membered cyclic amide) rings is 1. The average Bonchev–Trinajstić information content (AvgIpc) is 3.17. The van der Waals surface area contributed by atoms with Gasteiger partial charge in [0.05, 0.1) is 5.70 Å². The highest BCUT2D eigenvalue weighted by Crippen LogP contribution is 2.55. The number of aromatic nitrogens is 4. The second-order valence-electron chi connectivity index (χ2n) is 9.46. The van der Waals surface area contributed by atoms with Crippen molar-refractivity contribution in [2.75, 3.05) is 7.11 Å². The molecule has 3 heterocycles. The Hall–Kier alpha value is -2.57. The molecule has 0 spiro atoms. The molecule has 0 radical (unpaired) electrons. The smallest absolute Gasteiger partial charge is 0.260 e. The van der Waals surface area contributed by atoms with Gasteiger partial charge in [-0.05, 0) is 28.5 Å². The van der Waals surface area contributed by atoms with E-state index in [1.54, 1.807) is 34.7 Å². The Morgan fingerprint density at radius 3 is 2.41 bits per heavy atom. The second-order valence-corrected chi connectivity index (χ2v) is 13.2. The van der Waals surface area contributed by atoms with Crippen molar-refractivity contribution in [2.45, 2.75) is 54.8 Å². The molecule has 2 aromatic rings. The van der Waals surface area contributed by atoms with E-state index in [9.17, 15) is 18.0 Å². The molecule has 1 aromatic heterocycles. The number of thioether (sulfide) groups is 1. The lowest BCUT2D eigenvalue weighted by Gasteiger charge is -2.54. The van der Waals surface area contributed by atoms with Gasteiger partial charge < -0.3 is 4.74 Å². The van der Waals surface area contributed by atoms with E-state index in [0.29, 0.717) is 0 Å². The number of fused-ring (bicyclic) bond motifs is 1. The SMILES string of the molecule is CO[C@H]1C(=O)N2C(C(=O)C(C)(C)C)=C(C)C(Cc3ccccc3)(Sc3nnnn3C)S(=O)(=O)[C@H]12. The Morgan fingerprint density at radius 1 is 1.24 bits per heavy atom. The third-order valence-electron chi connectivity index (χ3n) is 6.21. The highest BCUT2D eigenvalue weighted by molar-refractivity contribution is 8.15. The van der Waals surface area contributed by atoms with Crippen LogP contribution in [0.5, 0.6) is 0 Å². The van der Waals surface area contributed by atoms with Crippen molar-refractivity contribution in [3.8, 4) is 0 Å². The highest BCUT2D eigenvalue weighted by atomic mass is 32.3. The van der Waals surface area contributed by atoms with E-state index in [1.807, 2.05) is 30.3 Å². The monoisotopic (exact) mass is 505 g/mol. The number of allylic oxidation sites excluding steroid dienone is 1. The molecule has 0 bridgehead atoms. The number of aryl methyl sites for hydroxylation is 1. The van der Waals surface area contributed by atoms with E-state index in [0.717, 1.165) is 22.2 Å². The normalized spacial score (nSPS) is 26.3. The highest BCUT2D eigenvalue weighted by Gasteiger charge is 2.68. The minimum absolute atomic E-state index is 0.0510. The van der Waals surface area contributed by atoms with Crippen molar-refractivity contribution >= 4 is 33.3 Å². The average molecular weight is 506 g/mol. The van der Waals surface area contributed by atoms with Crippen LogP contribution in [-0.4, -0.2) is 67.9 Å². The molecule has 182 valence electrons. The lowest BCUT2D eigenvalue weighted by atomic mass is 9.84. The van der Waals surface area contributed by atoms with Gasteiger partial charge in [-0.15, -0.1) is 5.10 Å². The van der Waals surface area contributed by atoms with Gasteiger partial charge in [0.2, 0.25) is 5.16 Å². The maximum Gasteiger partial charge on any atom is 0.260 e. The molecule has 34 heavy (non-hydrogen) atoms. The van der Waals surface area contributed by atoms with Gasteiger partial charge in [0.15, 0.2) is 31.2 Å². The first kappa shape index (κ1) is 24.6. The summed E-state index contributed by atoms with van der Waals surface area (Å²) in [5.41, 5.74) is 0.284. The van der Waals surface area contributed by atoms with Gasteiger partial charge in [0.25, 0.3) is 5.91 Å². The van der Waals surface area contributed by atoms with Crippen LogP contribution in [0.15, 0.2) is 46.8 Å². The van der Waals surface area contributed by atoms with Crippen molar-refractivity contribution in [3.63, 3.8) is 0 Å². The molecule has 12 heteroatoms. The van der Waals surface area contributed by atoms with E-state index >= 15 is 0 Å². The first-order chi connectivity index (χ1) is 15.9. The number of ether oxygens (including phenoxy) is 1. The summed E-state index contributed by atoms with van der Waals surface area (Å²) in [4.78, 5) is 27.7. The van der Waals surface area contributed by atoms with Crippen molar-refractivity contribution in [3.05, 3.63) is 47.2 Å². The lowest BCUT2D eigenvalue weighted by molar-refractivity contribution is -0.161. The van der Waals surface area contributed by atoms with Crippen LogP contribution in [-0.2, 0) is 37.6 Å². The van der Waals surface area contributed by atoms with Crippen molar-refractivity contribution in [1.29, 1.82) is 0 Å². The number of rotatable bonds is 6. The summed E-state index contributed by atoms with van der Waals surface area (Å²) in [5, 5.41) is 10.5. The largest absolute Gasteiger partial charge is 0.368 e. The minimum atomic E-state index is -4.15. The van der Waals surface area contributed by atoms with Crippen LogP contribution in [0.2, 0.25) is 0 Å². The summed E-state index contributed by atoms with van der Waals surface area (Å²) < 4.78 is 33.8. The molecule has 1 unspecified atom stereocenters. The first-order valence-corrected chi connectivity index (χ1v) is 13.0. The van der Waals surface area contributed by atoms with E-state index in [-0.39, 0.29) is 28.6 Å². The fourth-order valence-electron chi connectivity index (χ4n) is 4.32. The van der Waals surface area contributed by atoms with Crippen LogP contribution in [0.1, 0.15) is 33.3 Å². The predicted molar refractivity (Wildman–Crippen MR) is 125 cm³/mol. The molecule has 10 nitrogen and oxygen atoms in total. The molecular formula is C22H27N5O5S2. The number of tetrazole rings is 1. The van der Waals surface area contributed by atoms with Crippen molar-refractivity contribution in [1.82, 2.24) is 25.1 Å². The molecular weight excluding hydrogens is 478 g/mol. The number of amides is 1. The number of carbonyl (C=O) groups excluding carboxylic acids is 2. The van der Waals surface area contributed by atoms with Crippen LogP contribution in [0.3, 0.4) is 0 Å². The quantitative estimate of drug-likeness (QED) is 0.540. The van der Waals surface area contributed by atoms with Gasteiger partial charge in [-0.25, -0.2) is 13.1 Å². The lowest BCUT2D eigenvalue weighted by Crippen LogP contribution is -2.74. The summed E-state index contributed by atoms with van der Waals surface area (Å²) >= 11 is 0.976. The Morgan fingerprint density at radius 2 is 1.88 bits per heavy atom. The molecule has 2 aliphatic rings. The van der Waals surface area contributed by atoms with E-state index < -0.39 is 36.7 Å². The molecule has 1 saturated heterocycles. The Balaban J connectivity index is 2.04. The molecule has 2 aliphatic heterocycles. The van der Waals surface area contributed by atoms with Crippen LogP contribution >= 0.6 is 11.8 Å². The maximum absolute atomic E-state index is 14.4. The summed E-state index contributed by atoms with van der Waals surface area (Å²) in [6.07, 6.45) is -1.15.